The van der Waals surface area contributed by atoms with Gasteiger partial charge in [0.15, 0.2) is 5.41 Å². The summed E-state index contributed by atoms with van der Waals surface area (Å²) < 4.78 is 0. The number of hydrogen-bond acceptors (Lipinski definition) is 3. The van der Waals surface area contributed by atoms with E-state index in [2.05, 4.69) is 17.5 Å². The number of hydrogen-bond donors (Lipinski definition) is 1. The maximum Gasteiger partial charge on any atom is 0.171 e. The Labute approximate surface area is 124 Å². The van der Waals surface area contributed by atoms with Gasteiger partial charge in [-0.05, 0) is 11.1 Å². The first-order valence-electron chi connectivity index (χ1n) is 6.97. The molecule has 1 N–H and O–H groups in total. The van der Waals surface area contributed by atoms with Crippen LogP contribution in [0.4, 0.5) is 0 Å². The minimum absolute atomic E-state index is 0.126. The molecule has 3 nitrogen and oxygen atoms in total. The third kappa shape index (κ3) is 2.09. The van der Waals surface area contributed by atoms with E-state index in [1.54, 1.807) is 0 Å². The zero-order valence-electron chi connectivity index (χ0n) is 11.5. The van der Waals surface area contributed by atoms with Crippen molar-refractivity contribution in [2.75, 3.05) is 6.54 Å². The third-order valence-electron chi connectivity index (χ3n) is 4.24. The normalized spacial score (nSPS) is 23.1. The zero-order chi connectivity index (χ0) is 14.7. The lowest BCUT2D eigenvalue weighted by Gasteiger charge is -2.26. The van der Waals surface area contributed by atoms with E-state index in [1.165, 1.54) is 0 Å². The average molecular weight is 273 g/mol. The Bertz CT molecular complexity index is 631. The van der Waals surface area contributed by atoms with Crippen LogP contribution >= 0.6 is 0 Å². The molecule has 1 aliphatic rings. The molecule has 0 radical (unpaired) electrons. The standard InChI is InChI=1S/C18H15N3/c19-12-18(13-20)16(14-7-3-1-4-8-14)11-21-17(18)15-9-5-2-6-10-15/h1-10,16-17,21H,11H2. The molecule has 0 amide bonds. The lowest BCUT2D eigenvalue weighted by molar-refractivity contribution is 0.417. The first-order valence-corrected chi connectivity index (χ1v) is 6.97. The third-order valence-corrected chi connectivity index (χ3v) is 4.24. The van der Waals surface area contributed by atoms with Gasteiger partial charge in [0.2, 0.25) is 0 Å². The smallest absolute Gasteiger partial charge is 0.171 e. The molecular weight excluding hydrogens is 258 g/mol. The number of benzene rings is 2. The summed E-state index contributed by atoms with van der Waals surface area (Å²) in [5.41, 5.74) is 0.938. The summed E-state index contributed by atoms with van der Waals surface area (Å²) in [6, 6.07) is 23.9. The molecule has 1 fully saturated rings. The fraction of sp³-hybridized carbons (Fsp3) is 0.222. The minimum Gasteiger partial charge on any atom is -0.307 e. The molecule has 0 saturated carbocycles. The molecule has 21 heavy (non-hydrogen) atoms. The first kappa shape index (κ1) is 13.4. The Morgan fingerprint density at radius 2 is 1.38 bits per heavy atom. The maximum atomic E-state index is 9.77. The summed E-state index contributed by atoms with van der Waals surface area (Å²) in [7, 11) is 0. The topological polar surface area (TPSA) is 59.6 Å². The lowest BCUT2D eigenvalue weighted by atomic mass is 9.71. The van der Waals surface area contributed by atoms with Crippen molar-refractivity contribution in [2.45, 2.75) is 12.0 Å². The van der Waals surface area contributed by atoms with Gasteiger partial charge in [-0.25, -0.2) is 0 Å². The molecule has 0 aromatic heterocycles. The highest BCUT2D eigenvalue weighted by Gasteiger charge is 2.52. The first-order chi connectivity index (χ1) is 10.3. The highest BCUT2D eigenvalue weighted by molar-refractivity contribution is 5.40. The molecule has 2 aromatic carbocycles. The van der Waals surface area contributed by atoms with E-state index < -0.39 is 5.41 Å². The van der Waals surface area contributed by atoms with E-state index in [-0.39, 0.29) is 12.0 Å². The molecule has 0 spiro atoms. The predicted molar refractivity (Wildman–Crippen MR) is 80.0 cm³/mol. The van der Waals surface area contributed by atoms with Crippen molar-refractivity contribution >= 4 is 0 Å². The zero-order valence-corrected chi connectivity index (χ0v) is 11.5. The number of nitrogens with one attached hydrogen (secondary N) is 1. The molecular formula is C18H15N3. The van der Waals surface area contributed by atoms with Crippen molar-refractivity contribution in [3.63, 3.8) is 0 Å². The fourth-order valence-corrected chi connectivity index (χ4v) is 3.16. The monoisotopic (exact) mass is 273 g/mol. The van der Waals surface area contributed by atoms with Crippen molar-refractivity contribution in [1.82, 2.24) is 5.32 Å². The highest BCUT2D eigenvalue weighted by Crippen LogP contribution is 2.49. The molecule has 2 aromatic rings. The van der Waals surface area contributed by atoms with Crippen LogP contribution in [0.5, 0.6) is 0 Å². The van der Waals surface area contributed by atoms with Gasteiger partial charge < -0.3 is 5.32 Å². The Hall–Kier alpha value is -2.62. The Morgan fingerprint density at radius 3 is 1.90 bits per heavy atom. The summed E-state index contributed by atoms with van der Waals surface area (Å²) in [4.78, 5) is 0. The van der Waals surface area contributed by atoms with E-state index >= 15 is 0 Å². The van der Waals surface area contributed by atoms with E-state index in [0.717, 1.165) is 11.1 Å². The lowest BCUT2D eigenvalue weighted by Crippen LogP contribution is -2.29. The molecule has 0 bridgehead atoms. The van der Waals surface area contributed by atoms with E-state index in [0.29, 0.717) is 6.54 Å². The van der Waals surface area contributed by atoms with Gasteiger partial charge in [-0.15, -0.1) is 0 Å². The maximum absolute atomic E-state index is 9.77. The molecule has 0 aliphatic carbocycles. The van der Waals surface area contributed by atoms with Crippen LogP contribution in [0.25, 0.3) is 0 Å². The molecule has 102 valence electrons. The summed E-state index contributed by atoms with van der Waals surface area (Å²) in [6.45, 7) is 0.630. The quantitative estimate of drug-likeness (QED) is 0.914. The van der Waals surface area contributed by atoms with Crippen molar-refractivity contribution in [1.29, 1.82) is 10.5 Å². The van der Waals surface area contributed by atoms with Gasteiger partial charge in [-0.2, -0.15) is 10.5 Å². The fourth-order valence-electron chi connectivity index (χ4n) is 3.16. The van der Waals surface area contributed by atoms with Crippen molar-refractivity contribution in [3.8, 4) is 12.1 Å². The largest absolute Gasteiger partial charge is 0.307 e. The summed E-state index contributed by atoms with van der Waals surface area (Å²) >= 11 is 0. The van der Waals surface area contributed by atoms with Crippen molar-refractivity contribution in [3.05, 3.63) is 71.8 Å². The van der Waals surface area contributed by atoms with E-state index in [9.17, 15) is 10.5 Å². The second-order valence-electron chi connectivity index (χ2n) is 5.31. The summed E-state index contributed by atoms with van der Waals surface area (Å²) in [5.74, 6) is -0.126. The van der Waals surface area contributed by atoms with Gasteiger partial charge in [-0.3, -0.25) is 0 Å². The molecule has 3 rings (SSSR count). The summed E-state index contributed by atoms with van der Waals surface area (Å²) in [5, 5.41) is 22.9. The van der Waals surface area contributed by atoms with Crippen LogP contribution in [-0.4, -0.2) is 6.54 Å². The predicted octanol–water partition coefficient (Wildman–Crippen LogP) is 3.15. The molecule has 1 saturated heterocycles. The van der Waals surface area contributed by atoms with Crippen molar-refractivity contribution < 1.29 is 0 Å². The van der Waals surface area contributed by atoms with Gasteiger partial charge in [0.05, 0.1) is 18.2 Å². The van der Waals surface area contributed by atoms with Crippen LogP contribution < -0.4 is 5.32 Å². The second-order valence-corrected chi connectivity index (χ2v) is 5.31. The van der Waals surface area contributed by atoms with Gasteiger partial charge >= 0.3 is 0 Å². The van der Waals surface area contributed by atoms with Crippen LogP contribution in [0.1, 0.15) is 23.1 Å². The van der Waals surface area contributed by atoms with Crippen LogP contribution in [-0.2, 0) is 0 Å². The number of rotatable bonds is 2. The molecule has 3 heteroatoms. The molecule has 1 heterocycles. The van der Waals surface area contributed by atoms with Gasteiger partial charge in [0, 0.05) is 12.5 Å². The van der Waals surface area contributed by atoms with Crippen LogP contribution in [0.15, 0.2) is 60.7 Å². The van der Waals surface area contributed by atoms with Crippen LogP contribution in [0.2, 0.25) is 0 Å². The number of nitrogens with zero attached hydrogens (tertiary/aromatic N) is 2. The average Bonchev–Trinajstić information content (AvgIpc) is 2.96. The van der Waals surface area contributed by atoms with E-state index in [1.807, 2.05) is 60.7 Å². The highest BCUT2D eigenvalue weighted by atomic mass is 15.0. The van der Waals surface area contributed by atoms with Crippen LogP contribution in [0, 0.1) is 28.1 Å². The van der Waals surface area contributed by atoms with Gasteiger partial charge in [0.25, 0.3) is 0 Å². The summed E-state index contributed by atoms with van der Waals surface area (Å²) in [6.07, 6.45) is 0. The Morgan fingerprint density at radius 1 is 0.857 bits per heavy atom. The molecule has 2 atom stereocenters. The second kappa shape index (κ2) is 5.40. The van der Waals surface area contributed by atoms with Crippen LogP contribution in [0.3, 0.4) is 0 Å². The minimum atomic E-state index is -1.08. The Balaban J connectivity index is 2.07. The van der Waals surface area contributed by atoms with Gasteiger partial charge in [-0.1, -0.05) is 60.7 Å². The molecule has 1 aliphatic heterocycles. The van der Waals surface area contributed by atoms with Gasteiger partial charge in [0.1, 0.15) is 0 Å². The van der Waals surface area contributed by atoms with Crippen molar-refractivity contribution in [2.24, 2.45) is 5.41 Å². The SMILES string of the molecule is N#CC1(C#N)C(c2ccccc2)CNC1c1ccccc1. The molecule has 2 unspecified atom stereocenters. The van der Waals surface area contributed by atoms with E-state index in [4.69, 9.17) is 0 Å². The number of nitriles is 2. The Kier molecular flexibility index (Phi) is 3.44.